The number of amides is 1. The van der Waals surface area contributed by atoms with E-state index in [1.54, 1.807) is 0 Å². The summed E-state index contributed by atoms with van der Waals surface area (Å²) in [6, 6.07) is 4.27. The van der Waals surface area contributed by atoms with Crippen molar-refractivity contribution >= 4 is 22.4 Å². The highest BCUT2D eigenvalue weighted by atomic mass is 32.1. The molecule has 1 aliphatic carbocycles. The van der Waals surface area contributed by atoms with E-state index in [0.29, 0.717) is 37.2 Å². The molecule has 1 N–H and O–H groups in total. The number of nitrogens with one attached hydrogen (secondary N) is 1. The Balaban J connectivity index is 1.27. The summed E-state index contributed by atoms with van der Waals surface area (Å²) in [5, 5.41) is 13.0. The summed E-state index contributed by atoms with van der Waals surface area (Å²) in [7, 11) is 0. The van der Waals surface area contributed by atoms with E-state index in [1.165, 1.54) is 42.4 Å². The predicted molar refractivity (Wildman–Crippen MR) is 108 cm³/mol. The standard InChI is InChI=1S/C20H25F2N5OS/c21-16-6-3-7-17(22)15(16)13-26-8-10-27(11-9-26)20-25-24-19(29-20)12-18(28)23-14-4-1-2-5-14/h3,6-7,14H,1-2,4-5,8-13H2,(H,23,28). The van der Waals surface area contributed by atoms with Crippen LogP contribution in [0.25, 0.3) is 0 Å². The Morgan fingerprint density at radius 1 is 1.10 bits per heavy atom. The van der Waals surface area contributed by atoms with Crippen molar-refractivity contribution in [3.63, 3.8) is 0 Å². The zero-order valence-electron chi connectivity index (χ0n) is 16.2. The van der Waals surface area contributed by atoms with Gasteiger partial charge in [0, 0.05) is 44.3 Å². The Morgan fingerprint density at radius 2 is 1.79 bits per heavy atom. The number of halogens is 2. The van der Waals surface area contributed by atoms with E-state index in [9.17, 15) is 13.6 Å². The van der Waals surface area contributed by atoms with Gasteiger partial charge in [-0.2, -0.15) is 0 Å². The first-order valence-corrected chi connectivity index (χ1v) is 10.9. The Hall–Kier alpha value is -2.13. The second-order valence-corrected chi connectivity index (χ2v) is 8.71. The molecule has 1 saturated heterocycles. The molecule has 2 fully saturated rings. The number of rotatable bonds is 6. The van der Waals surface area contributed by atoms with Crippen LogP contribution in [-0.4, -0.2) is 53.2 Å². The minimum Gasteiger partial charge on any atom is -0.353 e. The molecule has 1 aliphatic heterocycles. The molecule has 4 rings (SSSR count). The van der Waals surface area contributed by atoms with Crippen molar-refractivity contribution in [3.05, 3.63) is 40.4 Å². The van der Waals surface area contributed by atoms with Crippen LogP contribution in [0.3, 0.4) is 0 Å². The van der Waals surface area contributed by atoms with Crippen LogP contribution in [0.1, 0.15) is 36.3 Å². The second kappa shape index (κ2) is 9.13. The Kier molecular flexibility index (Phi) is 6.34. The number of benzene rings is 1. The van der Waals surface area contributed by atoms with Gasteiger partial charge in [-0.15, -0.1) is 10.2 Å². The van der Waals surface area contributed by atoms with Gasteiger partial charge >= 0.3 is 0 Å². The molecule has 0 atom stereocenters. The number of hydrogen-bond donors (Lipinski definition) is 1. The van der Waals surface area contributed by atoms with E-state index < -0.39 is 11.6 Å². The third-order valence-electron chi connectivity index (χ3n) is 5.57. The van der Waals surface area contributed by atoms with Crippen LogP contribution in [-0.2, 0) is 17.8 Å². The highest BCUT2D eigenvalue weighted by molar-refractivity contribution is 7.15. The van der Waals surface area contributed by atoms with Gasteiger partial charge in [-0.25, -0.2) is 8.78 Å². The molecule has 2 heterocycles. The van der Waals surface area contributed by atoms with Crippen LogP contribution in [0.15, 0.2) is 18.2 Å². The molecular formula is C20H25F2N5OS. The summed E-state index contributed by atoms with van der Waals surface area (Å²) in [6.07, 6.45) is 4.76. The highest BCUT2D eigenvalue weighted by Crippen LogP contribution is 2.24. The van der Waals surface area contributed by atoms with Gasteiger partial charge in [0.1, 0.15) is 16.6 Å². The molecule has 1 amide bonds. The molecule has 0 unspecified atom stereocenters. The van der Waals surface area contributed by atoms with Crippen LogP contribution < -0.4 is 10.2 Å². The van der Waals surface area contributed by atoms with Gasteiger partial charge in [-0.1, -0.05) is 30.2 Å². The molecule has 2 aromatic rings. The number of carbonyl (C=O) groups is 1. The third kappa shape index (κ3) is 5.08. The van der Waals surface area contributed by atoms with E-state index in [2.05, 4.69) is 20.4 Å². The van der Waals surface area contributed by atoms with Gasteiger partial charge in [0.15, 0.2) is 0 Å². The van der Waals surface area contributed by atoms with Gasteiger partial charge < -0.3 is 10.2 Å². The minimum absolute atomic E-state index is 0.0105. The SMILES string of the molecule is O=C(Cc1nnc(N2CCN(Cc3c(F)cccc3F)CC2)s1)NC1CCCC1. The molecule has 9 heteroatoms. The van der Waals surface area contributed by atoms with Crippen molar-refractivity contribution in [2.24, 2.45) is 0 Å². The molecule has 0 bridgehead atoms. The van der Waals surface area contributed by atoms with Crippen LogP contribution in [0.2, 0.25) is 0 Å². The molecule has 1 aromatic carbocycles. The van der Waals surface area contributed by atoms with Gasteiger partial charge in [-0.3, -0.25) is 9.69 Å². The quantitative estimate of drug-likeness (QED) is 0.777. The summed E-state index contributed by atoms with van der Waals surface area (Å²) in [5.74, 6) is -0.995. The predicted octanol–water partition coefficient (Wildman–Crippen LogP) is 2.74. The van der Waals surface area contributed by atoms with Crippen molar-refractivity contribution in [3.8, 4) is 0 Å². The van der Waals surface area contributed by atoms with Crippen LogP contribution in [0.4, 0.5) is 13.9 Å². The van der Waals surface area contributed by atoms with Crippen LogP contribution in [0, 0.1) is 11.6 Å². The first kappa shape index (κ1) is 20.2. The normalized spacial score (nSPS) is 18.3. The van der Waals surface area contributed by atoms with Crippen molar-refractivity contribution < 1.29 is 13.6 Å². The fourth-order valence-electron chi connectivity index (χ4n) is 3.93. The fourth-order valence-corrected chi connectivity index (χ4v) is 4.82. The summed E-state index contributed by atoms with van der Waals surface area (Å²) in [6.45, 7) is 3.04. The number of anilines is 1. The lowest BCUT2D eigenvalue weighted by Crippen LogP contribution is -2.46. The largest absolute Gasteiger partial charge is 0.353 e. The molecule has 6 nitrogen and oxygen atoms in total. The molecule has 0 spiro atoms. The van der Waals surface area contributed by atoms with Crippen molar-refractivity contribution in [1.29, 1.82) is 0 Å². The summed E-state index contributed by atoms with van der Waals surface area (Å²) in [5.41, 5.74) is 0.118. The molecule has 29 heavy (non-hydrogen) atoms. The van der Waals surface area contributed by atoms with Gasteiger partial charge in [0.25, 0.3) is 0 Å². The van der Waals surface area contributed by atoms with Gasteiger partial charge in [-0.05, 0) is 25.0 Å². The van der Waals surface area contributed by atoms with Crippen molar-refractivity contribution in [2.45, 2.75) is 44.7 Å². The van der Waals surface area contributed by atoms with Crippen LogP contribution in [0.5, 0.6) is 0 Å². The summed E-state index contributed by atoms with van der Waals surface area (Å²) < 4.78 is 27.7. The molecule has 1 saturated carbocycles. The lowest BCUT2D eigenvalue weighted by Gasteiger charge is -2.34. The van der Waals surface area contributed by atoms with E-state index in [0.717, 1.165) is 18.0 Å². The second-order valence-electron chi connectivity index (χ2n) is 7.67. The zero-order chi connectivity index (χ0) is 20.2. The zero-order valence-corrected chi connectivity index (χ0v) is 17.1. The molecule has 1 aromatic heterocycles. The molecule has 0 radical (unpaired) electrons. The number of nitrogens with zero attached hydrogens (tertiary/aromatic N) is 4. The van der Waals surface area contributed by atoms with E-state index in [1.807, 2.05) is 4.90 Å². The van der Waals surface area contributed by atoms with E-state index >= 15 is 0 Å². The Labute approximate surface area is 172 Å². The summed E-state index contributed by atoms with van der Waals surface area (Å²) >= 11 is 1.44. The topological polar surface area (TPSA) is 61.4 Å². The first-order valence-electron chi connectivity index (χ1n) is 10.1. The lowest BCUT2D eigenvalue weighted by atomic mass is 10.1. The Morgan fingerprint density at radius 3 is 2.48 bits per heavy atom. The number of aromatic nitrogens is 2. The monoisotopic (exact) mass is 421 g/mol. The maximum absolute atomic E-state index is 13.9. The lowest BCUT2D eigenvalue weighted by molar-refractivity contribution is -0.121. The Bertz CT molecular complexity index is 827. The number of carbonyl (C=O) groups excluding carboxylic acids is 1. The average Bonchev–Trinajstić information content (AvgIpc) is 3.37. The first-order chi connectivity index (χ1) is 14.1. The number of piperazine rings is 1. The smallest absolute Gasteiger partial charge is 0.227 e. The van der Waals surface area contributed by atoms with E-state index in [-0.39, 0.29) is 24.4 Å². The third-order valence-corrected chi connectivity index (χ3v) is 6.56. The fraction of sp³-hybridized carbons (Fsp3) is 0.550. The van der Waals surface area contributed by atoms with Crippen molar-refractivity contribution in [1.82, 2.24) is 20.4 Å². The average molecular weight is 422 g/mol. The van der Waals surface area contributed by atoms with Crippen molar-refractivity contribution in [2.75, 3.05) is 31.1 Å². The maximum Gasteiger partial charge on any atom is 0.227 e. The van der Waals surface area contributed by atoms with Gasteiger partial charge in [0.2, 0.25) is 11.0 Å². The number of hydrogen-bond acceptors (Lipinski definition) is 6. The van der Waals surface area contributed by atoms with Crippen LogP contribution >= 0.6 is 11.3 Å². The highest BCUT2D eigenvalue weighted by Gasteiger charge is 2.23. The van der Waals surface area contributed by atoms with E-state index in [4.69, 9.17) is 0 Å². The van der Waals surface area contributed by atoms with Gasteiger partial charge in [0.05, 0.1) is 6.42 Å². The molecule has 156 valence electrons. The maximum atomic E-state index is 13.9. The summed E-state index contributed by atoms with van der Waals surface area (Å²) in [4.78, 5) is 16.3. The minimum atomic E-state index is -0.503. The molecule has 2 aliphatic rings. The molecular weight excluding hydrogens is 396 g/mol.